The number of piperazine rings is 1. The fourth-order valence-corrected chi connectivity index (χ4v) is 1.89. The van der Waals surface area contributed by atoms with Gasteiger partial charge in [-0.05, 0) is 11.6 Å². The summed E-state index contributed by atoms with van der Waals surface area (Å²) < 4.78 is 38.4. The van der Waals surface area contributed by atoms with Crippen LogP contribution >= 0.6 is 0 Å². The van der Waals surface area contributed by atoms with Crippen molar-refractivity contribution >= 4 is 11.8 Å². The average molecular weight is 272 g/mol. The number of halogens is 3. The van der Waals surface area contributed by atoms with Crippen LogP contribution in [0.4, 0.5) is 13.2 Å². The van der Waals surface area contributed by atoms with E-state index in [2.05, 4.69) is 5.32 Å². The Balaban J connectivity index is 2.23. The highest BCUT2D eigenvalue weighted by Gasteiger charge is 2.34. The minimum atomic E-state index is -4.47. The molecule has 1 aromatic rings. The van der Waals surface area contributed by atoms with E-state index in [1.165, 1.54) is 18.2 Å². The van der Waals surface area contributed by atoms with Crippen LogP contribution < -0.4 is 5.32 Å². The summed E-state index contributed by atoms with van der Waals surface area (Å²) in [7, 11) is 0. The Morgan fingerprint density at radius 3 is 2.58 bits per heavy atom. The molecule has 0 aliphatic carbocycles. The highest BCUT2D eigenvalue weighted by atomic mass is 19.4. The maximum absolute atomic E-state index is 12.8. The van der Waals surface area contributed by atoms with Crippen molar-refractivity contribution in [3.8, 4) is 0 Å². The summed E-state index contributed by atoms with van der Waals surface area (Å²) in [5.41, 5.74) is -0.799. The molecular formula is C12H11F3N2O2. The zero-order valence-electron chi connectivity index (χ0n) is 9.83. The van der Waals surface area contributed by atoms with Crippen LogP contribution in [0.1, 0.15) is 11.1 Å². The Hall–Kier alpha value is -2.05. The van der Waals surface area contributed by atoms with Crippen LogP contribution in [0, 0.1) is 0 Å². The Kier molecular flexibility index (Phi) is 3.46. The van der Waals surface area contributed by atoms with Gasteiger partial charge in [0.15, 0.2) is 0 Å². The van der Waals surface area contributed by atoms with Crippen molar-refractivity contribution in [2.75, 3.05) is 13.1 Å². The molecule has 1 fully saturated rings. The highest BCUT2D eigenvalue weighted by molar-refractivity contribution is 5.92. The number of rotatable bonds is 2. The third-order valence-corrected chi connectivity index (χ3v) is 2.81. The zero-order chi connectivity index (χ0) is 14.0. The molecule has 1 heterocycles. The first-order chi connectivity index (χ1) is 8.88. The molecule has 0 bridgehead atoms. The first kappa shape index (κ1) is 13.4. The van der Waals surface area contributed by atoms with Gasteiger partial charge in [-0.25, -0.2) is 0 Å². The standard InChI is InChI=1S/C12H11F3N2O2/c13-12(14,15)9-4-2-1-3-8(9)6-17-7-10(18)16-5-11(17)19/h1-4H,5-7H2,(H,16,18). The number of hydrogen-bond donors (Lipinski definition) is 1. The van der Waals surface area contributed by atoms with Gasteiger partial charge in [-0.3, -0.25) is 9.59 Å². The minimum absolute atomic E-state index is 0.0157. The van der Waals surface area contributed by atoms with Gasteiger partial charge < -0.3 is 10.2 Å². The van der Waals surface area contributed by atoms with Crippen LogP contribution in [0.3, 0.4) is 0 Å². The van der Waals surface area contributed by atoms with E-state index >= 15 is 0 Å². The first-order valence-corrected chi connectivity index (χ1v) is 5.57. The second-order valence-corrected chi connectivity index (χ2v) is 4.18. The smallest absolute Gasteiger partial charge is 0.345 e. The fraction of sp³-hybridized carbons (Fsp3) is 0.333. The number of carbonyl (C=O) groups excluding carboxylic acids is 2. The van der Waals surface area contributed by atoms with Gasteiger partial charge in [-0.15, -0.1) is 0 Å². The van der Waals surface area contributed by atoms with Crippen LogP contribution in [-0.4, -0.2) is 29.8 Å². The van der Waals surface area contributed by atoms with Crippen molar-refractivity contribution < 1.29 is 22.8 Å². The predicted octanol–water partition coefficient (Wildman–Crippen LogP) is 1.16. The molecular weight excluding hydrogens is 261 g/mol. The summed E-state index contributed by atoms with van der Waals surface area (Å²) in [4.78, 5) is 23.8. The van der Waals surface area contributed by atoms with Crippen molar-refractivity contribution in [1.82, 2.24) is 10.2 Å². The molecule has 0 radical (unpaired) electrons. The van der Waals surface area contributed by atoms with Crippen molar-refractivity contribution in [3.05, 3.63) is 35.4 Å². The molecule has 0 aromatic heterocycles. The summed E-state index contributed by atoms with van der Waals surface area (Å²) in [5, 5.41) is 2.34. The molecule has 0 unspecified atom stereocenters. The summed E-state index contributed by atoms with van der Waals surface area (Å²) >= 11 is 0. The number of benzene rings is 1. The van der Waals surface area contributed by atoms with Crippen LogP contribution in [0.25, 0.3) is 0 Å². The van der Waals surface area contributed by atoms with Crippen molar-refractivity contribution in [2.45, 2.75) is 12.7 Å². The molecule has 1 N–H and O–H groups in total. The number of hydrogen-bond acceptors (Lipinski definition) is 2. The summed E-state index contributed by atoms with van der Waals surface area (Å²) in [5.74, 6) is -0.763. The largest absolute Gasteiger partial charge is 0.416 e. The van der Waals surface area contributed by atoms with Crippen LogP contribution in [0.2, 0.25) is 0 Å². The van der Waals surface area contributed by atoms with Crippen LogP contribution in [0.15, 0.2) is 24.3 Å². The second kappa shape index (κ2) is 4.91. The van der Waals surface area contributed by atoms with Gasteiger partial charge in [-0.2, -0.15) is 13.2 Å². The van der Waals surface area contributed by atoms with Crippen molar-refractivity contribution in [1.29, 1.82) is 0 Å². The lowest BCUT2D eigenvalue weighted by Crippen LogP contribution is -2.51. The monoisotopic (exact) mass is 272 g/mol. The molecule has 0 saturated carbocycles. The summed E-state index contributed by atoms with van der Waals surface area (Å²) in [6.07, 6.45) is -4.47. The molecule has 1 aromatic carbocycles. The van der Waals surface area contributed by atoms with E-state index in [0.717, 1.165) is 11.0 Å². The Morgan fingerprint density at radius 1 is 1.21 bits per heavy atom. The number of alkyl halides is 3. The maximum Gasteiger partial charge on any atom is 0.416 e. The number of nitrogens with one attached hydrogen (secondary N) is 1. The average Bonchev–Trinajstić information content (AvgIpc) is 2.33. The molecule has 1 aliphatic heterocycles. The van der Waals surface area contributed by atoms with Crippen LogP contribution in [0.5, 0.6) is 0 Å². The molecule has 4 nitrogen and oxygen atoms in total. The van der Waals surface area contributed by atoms with Gasteiger partial charge in [0, 0.05) is 6.54 Å². The lowest BCUT2D eigenvalue weighted by atomic mass is 10.1. The number of carbonyl (C=O) groups is 2. The van der Waals surface area contributed by atoms with E-state index in [0.29, 0.717) is 0 Å². The van der Waals surface area contributed by atoms with E-state index in [9.17, 15) is 22.8 Å². The van der Waals surface area contributed by atoms with Gasteiger partial charge in [0.1, 0.15) is 0 Å². The Morgan fingerprint density at radius 2 is 1.89 bits per heavy atom. The summed E-state index contributed by atoms with van der Waals surface area (Å²) in [6.45, 7) is -0.611. The second-order valence-electron chi connectivity index (χ2n) is 4.18. The number of nitrogens with zero attached hydrogens (tertiary/aromatic N) is 1. The molecule has 0 spiro atoms. The third kappa shape index (κ3) is 3.04. The molecule has 2 rings (SSSR count). The fourth-order valence-electron chi connectivity index (χ4n) is 1.89. The molecule has 102 valence electrons. The van der Waals surface area contributed by atoms with Gasteiger partial charge >= 0.3 is 6.18 Å². The van der Waals surface area contributed by atoms with E-state index in [4.69, 9.17) is 0 Å². The Labute approximate surface area is 107 Å². The minimum Gasteiger partial charge on any atom is -0.345 e. The van der Waals surface area contributed by atoms with E-state index < -0.39 is 17.6 Å². The maximum atomic E-state index is 12.8. The zero-order valence-corrected chi connectivity index (χ0v) is 9.83. The van der Waals surface area contributed by atoms with Crippen molar-refractivity contribution in [3.63, 3.8) is 0 Å². The lowest BCUT2D eigenvalue weighted by molar-refractivity contribution is -0.143. The van der Waals surface area contributed by atoms with E-state index in [-0.39, 0.29) is 31.1 Å². The van der Waals surface area contributed by atoms with E-state index in [1.54, 1.807) is 0 Å². The number of amides is 2. The molecule has 7 heteroatoms. The molecule has 1 saturated heterocycles. The van der Waals surface area contributed by atoms with Gasteiger partial charge in [0.2, 0.25) is 11.8 Å². The molecule has 2 amide bonds. The molecule has 1 aliphatic rings. The predicted molar refractivity (Wildman–Crippen MR) is 59.9 cm³/mol. The first-order valence-electron chi connectivity index (χ1n) is 5.57. The van der Waals surface area contributed by atoms with Gasteiger partial charge in [0.05, 0.1) is 18.7 Å². The SMILES string of the molecule is O=C1CN(Cc2ccccc2C(F)(F)F)C(=O)CN1. The molecule has 0 atom stereocenters. The quantitative estimate of drug-likeness (QED) is 0.878. The lowest BCUT2D eigenvalue weighted by Gasteiger charge is -2.27. The highest BCUT2D eigenvalue weighted by Crippen LogP contribution is 2.32. The van der Waals surface area contributed by atoms with E-state index in [1.807, 2.05) is 0 Å². The van der Waals surface area contributed by atoms with Gasteiger partial charge in [0.25, 0.3) is 0 Å². The topological polar surface area (TPSA) is 49.4 Å². The Bertz CT molecular complexity index is 514. The normalized spacial score (nSPS) is 16.5. The summed E-state index contributed by atoms with van der Waals surface area (Å²) in [6, 6.07) is 5.03. The third-order valence-electron chi connectivity index (χ3n) is 2.81. The van der Waals surface area contributed by atoms with Crippen LogP contribution in [-0.2, 0) is 22.3 Å². The van der Waals surface area contributed by atoms with Gasteiger partial charge in [-0.1, -0.05) is 18.2 Å². The van der Waals surface area contributed by atoms with Crippen molar-refractivity contribution in [2.24, 2.45) is 0 Å². The molecule has 19 heavy (non-hydrogen) atoms.